The molecule has 0 aromatic rings. The fourth-order valence-corrected chi connectivity index (χ4v) is 0.737. The van der Waals surface area contributed by atoms with Crippen molar-refractivity contribution in [1.29, 1.82) is 0 Å². The molecule has 1 N–H and O–H groups in total. The highest BCUT2D eigenvalue weighted by Gasteiger charge is 1.80. The molecule has 0 aliphatic carbocycles. The summed E-state index contributed by atoms with van der Waals surface area (Å²) in [5.41, 5.74) is 0. The van der Waals surface area contributed by atoms with E-state index in [-0.39, 0.29) is 12.4 Å². The Morgan fingerprint density at radius 3 is 2.45 bits per heavy atom. The lowest BCUT2D eigenvalue weighted by Crippen LogP contribution is -2.14. The van der Waals surface area contributed by atoms with E-state index < -0.39 is 0 Å². The molecule has 0 atom stereocenters. The molecular formula is C9H20ClN. The van der Waals surface area contributed by atoms with E-state index in [4.69, 9.17) is 0 Å². The van der Waals surface area contributed by atoms with Crippen molar-refractivity contribution < 1.29 is 0 Å². The molecule has 0 saturated carbocycles. The molecule has 0 heterocycles. The molecule has 0 unspecified atom stereocenters. The van der Waals surface area contributed by atoms with E-state index in [1.807, 2.05) is 0 Å². The molecule has 2 heteroatoms. The van der Waals surface area contributed by atoms with E-state index in [0.717, 1.165) is 19.5 Å². The predicted octanol–water partition coefficient (Wildman–Crippen LogP) is 2.76. The fourth-order valence-electron chi connectivity index (χ4n) is 0.737. The summed E-state index contributed by atoms with van der Waals surface area (Å²) in [4.78, 5) is 0. The first-order valence-corrected chi connectivity index (χ1v) is 4.27. The van der Waals surface area contributed by atoms with Crippen molar-refractivity contribution in [3.63, 3.8) is 0 Å². The first kappa shape index (κ1) is 13.6. The van der Waals surface area contributed by atoms with Gasteiger partial charge in [0.1, 0.15) is 0 Å². The summed E-state index contributed by atoms with van der Waals surface area (Å²) in [6.07, 6.45) is 8.11. The summed E-state index contributed by atoms with van der Waals surface area (Å²) in [5.74, 6) is 0. The van der Waals surface area contributed by atoms with Crippen molar-refractivity contribution in [2.75, 3.05) is 13.1 Å². The number of unbranched alkanes of at least 4 members (excludes halogenated alkanes) is 1. The van der Waals surface area contributed by atoms with E-state index in [2.05, 4.69) is 31.3 Å². The molecule has 0 aromatic heterocycles. The normalized spacial score (nSPS) is 10.0. The molecule has 0 saturated heterocycles. The molecule has 0 fully saturated rings. The van der Waals surface area contributed by atoms with E-state index in [9.17, 15) is 0 Å². The van der Waals surface area contributed by atoms with Crippen LogP contribution in [0.25, 0.3) is 0 Å². The summed E-state index contributed by atoms with van der Waals surface area (Å²) < 4.78 is 0. The monoisotopic (exact) mass is 177 g/mol. The van der Waals surface area contributed by atoms with Crippen molar-refractivity contribution >= 4 is 12.4 Å². The van der Waals surface area contributed by atoms with Crippen molar-refractivity contribution in [2.45, 2.75) is 33.1 Å². The first-order chi connectivity index (χ1) is 4.91. The van der Waals surface area contributed by atoms with Gasteiger partial charge in [0, 0.05) is 6.54 Å². The van der Waals surface area contributed by atoms with Crippen LogP contribution in [-0.4, -0.2) is 13.1 Å². The third-order valence-corrected chi connectivity index (χ3v) is 1.37. The zero-order valence-electron chi connectivity index (χ0n) is 7.60. The molecule has 1 nitrogen and oxygen atoms in total. The predicted molar refractivity (Wildman–Crippen MR) is 54.5 cm³/mol. The topological polar surface area (TPSA) is 12.0 Å². The van der Waals surface area contributed by atoms with Crippen molar-refractivity contribution in [1.82, 2.24) is 5.32 Å². The Hall–Kier alpha value is -0.0100. The highest BCUT2D eigenvalue weighted by Crippen LogP contribution is 1.82. The number of nitrogens with one attached hydrogen (secondary N) is 1. The lowest BCUT2D eigenvalue weighted by atomic mass is 10.3. The summed E-state index contributed by atoms with van der Waals surface area (Å²) in [7, 11) is 0. The van der Waals surface area contributed by atoms with Crippen LogP contribution in [0.5, 0.6) is 0 Å². The van der Waals surface area contributed by atoms with Gasteiger partial charge in [-0.25, -0.2) is 0 Å². The lowest BCUT2D eigenvalue weighted by molar-refractivity contribution is 0.681. The maximum absolute atomic E-state index is 3.33. The van der Waals surface area contributed by atoms with Crippen LogP contribution in [0.1, 0.15) is 33.1 Å². The van der Waals surface area contributed by atoms with Crippen molar-refractivity contribution in [3.05, 3.63) is 12.2 Å². The average molecular weight is 178 g/mol. The van der Waals surface area contributed by atoms with Crippen LogP contribution in [0.3, 0.4) is 0 Å². The van der Waals surface area contributed by atoms with Crippen LogP contribution < -0.4 is 5.32 Å². The van der Waals surface area contributed by atoms with E-state index in [1.54, 1.807) is 0 Å². The quantitative estimate of drug-likeness (QED) is 0.486. The Kier molecular flexibility index (Phi) is 15.6. The van der Waals surface area contributed by atoms with Gasteiger partial charge in [0.25, 0.3) is 0 Å². The van der Waals surface area contributed by atoms with Crippen LogP contribution in [0, 0.1) is 0 Å². The van der Waals surface area contributed by atoms with Crippen LogP contribution in [-0.2, 0) is 0 Å². The molecule has 68 valence electrons. The maximum Gasteiger partial charge on any atom is 0.0134 e. The Morgan fingerprint density at radius 1 is 1.18 bits per heavy atom. The lowest BCUT2D eigenvalue weighted by Gasteiger charge is -1.97. The highest BCUT2D eigenvalue weighted by atomic mass is 35.5. The molecule has 0 aliphatic heterocycles. The number of rotatable bonds is 6. The van der Waals surface area contributed by atoms with Gasteiger partial charge in [-0.05, 0) is 19.4 Å². The van der Waals surface area contributed by atoms with Gasteiger partial charge in [0.05, 0.1) is 0 Å². The number of hydrogen-bond acceptors (Lipinski definition) is 1. The Bertz CT molecular complexity index is 81.6. The van der Waals surface area contributed by atoms with Crippen molar-refractivity contribution in [2.24, 2.45) is 0 Å². The minimum absolute atomic E-state index is 0. The molecule has 0 bridgehead atoms. The van der Waals surface area contributed by atoms with Crippen molar-refractivity contribution in [3.8, 4) is 0 Å². The van der Waals surface area contributed by atoms with E-state index in [0.29, 0.717) is 0 Å². The van der Waals surface area contributed by atoms with Gasteiger partial charge < -0.3 is 5.32 Å². The number of halogens is 1. The summed E-state index contributed by atoms with van der Waals surface area (Å²) in [5, 5.41) is 3.33. The van der Waals surface area contributed by atoms with Gasteiger partial charge in [-0.15, -0.1) is 12.4 Å². The van der Waals surface area contributed by atoms with Gasteiger partial charge in [0.2, 0.25) is 0 Å². The standard InChI is InChI=1S/C9H19N.ClH/c1-3-5-7-9-10-8-6-4-2;/h5,7,10H,3-4,6,8-9H2,1-2H3;1H. The Morgan fingerprint density at radius 2 is 1.91 bits per heavy atom. The molecule has 0 spiro atoms. The van der Waals surface area contributed by atoms with E-state index >= 15 is 0 Å². The highest BCUT2D eigenvalue weighted by molar-refractivity contribution is 5.85. The fraction of sp³-hybridized carbons (Fsp3) is 0.778. The minimum Gasteiger partial charge on any atom is -0.313 e. The summed E-state index contributed by atoms with van der Waals surface area (Å²) >= 11 is 0. The van der Waals surface area contributed by atoms with Gasteiger partial charge >= 0.3 is 0 Å². The first-order valence-electron chi connectivity index (χ1n) is 4.27. The maximum atomic E-state index is 3.33. The zero-order valence-corrected chi connectivity index (χ0v) is 8.41. The van der Waals surface area contributed by atoms with Crippen LogP contribution in [0.2, 0.25) is 0 Å². The van der Waals surface area contributed by atoms with Crippen LogP contribution >= 0.6 is 12.4 Å². The number of allylic oxidation sites excluding steroid dienone is 1. The second kappa shape index (κ2) is 12.6. The Labute approximate surface area is 76.7 Å². The van der Waals surface area contributed by atoms with Gasteiger partial charge in [-0.1, -0.05) is 32.4 Å². The molecule has 0 aromatic carbocycles. The number of hydrogen-bond donors (Lipinski definition) is 1. The molecular weight excluding hydrogens is 158 g/mol. The van der Waals surface area contributed by atoms with Gasteiger partial charge in [0.15, 0.2) is 0 Å². The average Bonchev–Trinajstić information content (AvgIpc) is 1.97. The largest absolute Gasteiger partial charge is 0.313 e. The molecule has 0 radical (unpaired) electrons. The summed E-state index contributed by atoms with van der Waals surface area (Å²) in [6.45, 7) is 6.56. The SMILES string of the molecule is CCC=CCNCCCC.Cl. The van der Waals surface area contributed by atoms with Gasteiger partial charge in [-0.2, -0.15) is 0 Å². The second-order valence-corrected chi connectivity index (χ2v) is 2.44. The van der Waals surface area contributed by atoms with E-state index in [1.165, 1.54) is 12.8 Å². The minimum atomic E-state index is 0. The third-order valence-electron chi connectivity index (χ3n) is 1.37. The van der Waals surface area contributed by atoms with Crippen LogP contribution in [0.15, 0.2) is 12.2 Å². The molecule has 0 amide bonds. The molecule has 11 heavy (non-hydrogen) atoms. The zero-order chi connectivity index (χ0) is 7.66. The third kappa shape index (κ3) is 13.1. The second-order valence-electron chi connectivity index (χ2n) is 2.44. The molecule has 0 aliphatic rings. The van der Waals surface area contributed by atoms with Crippen LogP contribution in [0.4, 0.5) is 0 Å². The summed E-state index contributed by atoms with van der Waals surface area (Å²) in [6, 6.07) is 0. The van der Waals surface area contributed by atoms with Gasteiger partial charge in [-0.3, -0.25) is 0 Å². The smallest absolute Gasteiger partial charge is 0.0134 e. The molecule has 0 rings (SSSR count). The Balaban J connectivity index is 0.